The third-order valence-electron chi connectivity index (χ3n) is 4.49. The van der Waals surface area contributed by atoms with Gasteiger partial charge in [0.1, 0.15) is 0 Å². The van der Waals surface area contributed by atoms with Gasteiger partial charge in [0.2, 0.25) is 11.8 Å². The van der Waals surface area contributed by atoms with Crippen LogP contribution in [-0.4, -0.2) is 46.5 Å². The van der Waals surface area contributed by atoms with Crippen LogP contribution in [0.5, 0.6) is 0 Å². The average Bonchev–Trinajstić information content (AvgIpc) is 2.72. The molecule has 6 heteroatoms. The normalized spacial score (nSPS) is 15.6. The highest BCUT2D eigenvalue weighted by Gasteiger charge is 2.17. The third kappa shape index (κ3) is 5.37. The van der Waals surface area contributed by atoms with Gasteiger partial charge in [-0.25, -0.2) is 0 Å². The van der Waals surface area contributed by atoms with Gasteiger partial charge < -0.3 is 10.2 Å². The van der Waals surface area contributed by atoms with Crippen LogP contribution >= 0.6 is 0 Å². The van der Waals surface area contributed by atoms with Crippen molar-refractivity contribution in [3.63, 3.8) is 0 Å². The Balaban J connectivity index is 1.62. The Kier molecular flexibility index (Phi) is 6.62. The van der Waals surface area contributed by atoms with E-state index in [0.29, 0.717) is 25.9 Å². The Morgan fingerprint density at radius 1 is 1.30 bits per heavy atom. The molecule has 0 radical (unpaired) electrons. The number of H-pyrrole nitrogens is 1. The lowest BCUT2D eigenvalue weighted by Crippen LogP contribution is -2.35. The van der Waals surface area contributed by atoms with Crippen molar-refractivity contribution in [1.29, 1.82) is 0 Å². The number of aryl methyl sites for hydroxylation is 2. The van der Waals surface area contributed by atoms with Crippen LogP contribution in [-0.2, 0) is 16.0 Å². The van der Waals surface area contributed by atoms with Crippen LogP contribution in [0, 0.1) is 13.8 Å². The van der Waals surface area contributed by atoms with Crippen LogP contribution in [0.4, 0.5) is 0 Å². The zero-order chi connectivity index (χ0) is 16.7. The summed E-state index contributed by atoms with van der Waals surface area (Å²) in [6.07, 6.45) is 5.99. The molecule has 0 unspecified atom stereocenters. The van der Waals surface area contributed by atoms with Crippen LogP contribution in [0.15, 0.2) is 0 Å². The summed E-state index contributed by atoms with van der Waals surface area (Å²) in [6, 6.07) is 0. The summed E-state index contributed by atoms with van der Waals surface area (Å²) >= 11 is 0. The standard InChI is InChI=1S/C17H28N4O2/c1-13-15(14(2)20-19-13)7-6-10-18-16(22)9-12-21-11-5-3-4-8-17(21)23/h3-12H2,1-2H3,(H,18,22)(H,19,20). The zero-order valence-electron chi connectivity index (χ0n) is 14.3. The summed E-state index contributed by atoms with van der Waals surface area (Å²) in [7, 11) is 0. The Bertz CT molecular complexity index is 519. The van der Waals surface area contributed by atoms with Crippen molar-refractivity contribution in [2.75, 3.05) is 19.6 Å². The van der Waals surface area contributed by atoms with Gasteiger partial charge in [0.15, 0.2) is 0 Å². The van der Waals surface area contributed by atoms with E-state index in [2.05, 4.69) is 15.5 Å². The van der Waals surface area contributed by atoms with E-state index in [-0.39, 0.29) is 11.8 Å². The second-order valence-electron chi connectivity index (χ2n) is 6.31. The molecule has 0 spiro atoms. The van der Waals surface area contributed by atoms with Crippen molar-refractivity contribution in [3.05, 3.63) is 17.0 Å². The van der Waals surface area contributed by atoms with Crippen molar-refractivity contribution >= 4 is 11.8 Å². The first-order valence-corrected chi connectivity index (χ1v) is 8.63. The fraction of sp³-hybridized carbons (Fsp3) is 0.706. The minimum absolute atomic E-state index is 0.0303. The summed E-state index contributed by atoms with van der Waals surface area (Å²) in [6.45, 7) is 6.02. The maximum atomic E-state index is 11.9. The lowest BCUT2D eigenvalue weighted by atomic mass is 10.1. The van der Waals surface area contributed by atoms with Crippen molar-refractivity contribution < 1.29 is 9.59 Å². The molecule has 0 atom stereocenters. The summed E-state index contributed by atoms with van der Waals surface area (Å²) in [5, 5.41) is 10.1. The number of carbonyl (C=O) groups is 2. The predicted molar refractivity (Wildman–Crippen MR) is 89.1 cm³/mol. The molecule has 2 rings (SSSR count). The van der Waals surface area contributed by atoms with E-state index < -0.39 is 0 Å². The molecule has 1 aromatic rings. The second-order valence-corrected chi connectivity index (χ2v) is 6.31. The molecule has 1 aromatic heterocycles. The van der Waals surface area contributed by atoms with Gasteiger partial charge in [-0.1, -0.05) is 6.42 Å². The molecular formula is C17H28N4O2. The zero-order valence-corrected chi connectivity index (χ0v) is 14.3. The minimum atomic E-state index is 0.0303. The Morgan fingerprint density at radius 3 is 2.87 bits per heavy atom. The summed E-state index contributed by atoms with van der Waals surface area (Å²) in [5.41, 5.74) is 3.39. The van der Waals surface area contributed by atoms with E-state index in [1.165, 1.54) is 5.56 Å². The number of rotatable bonds is 7. The number of nitrogens with one attached hydrogen (secondary N) is 2. The molecule has 1 aliphatic rings. The highest BCUT2D eigenvalue weighted by molar-refractivity contribution is 5.79. The van der Waals surface area contributed by atoms with Crippen LogP contribution in [0.3, 0.4) is 0 Å². The average molecular weight is 320 g/mol. The van der Waals surface area contributed by atoms with E-state index in [9.17, 15) is 9.59 Å². The van der Waals surface area contributed by atoms with Gasteiger partial charge in [-0.05, 0) is 45.1 Å². The summed E-state index contributed by atoms with van der Waals surface area (Å²) in [4.78, 5) is 25.6. The van der Waals surface area contributed by atoms with Gasteiger partial charge in [-0.15, -0.1) is 0 Å². The smallest absolute Gasteiger partial charge is 0.222 e. The van der Waals surface area contributed by atoms with Crippen LogP contribution in [0.25, 0.3) is 0 Å². The summed E-state index contributed by atoms with van der Waals surface area (Å²) in [5.74, 6) is 0.226. The largest absolute Gasteiger partial charge is 0.356 e. The fourth-order valence-corrected chi connectivity index (χ4v) is 3.04. The SMILES string of the molecule is Cc1n[nH]c(C)c1CCCNC(=O)CCN1CCCCCC1=O. The monoisotopic (exact) mass is 320 g/mol. The molecule has 0 aliphatic carbocycles. The van der Waals surface area contributed by atoms with Gasteiger partial charge in [0.25, 0.3) is 0 Å². The number of aromatic amines is 1. The molecule has 1 fully saturated rings. The molecule has 2 amide bonds. The van der Waals surface area contributed by atoms with E-state index in [4.69, 9.17) is 0 Å². The fourth-order valence-electron chi connectivity index (χ4n) is 3.04. The number of carbonyl (C=O) groups excluding carboxylic acids is 2. The molecule has 23 heavy (non-hydrogen) atoms. The van der Waals surface area contributed by atoms with Crippen LogP contribution in [0.2, 0.25) is 0 Å². The molecular weight excluding hydrogens is 292 g/mol. The molecule has 1 saturated heterocycles. The van der Waals surface area contributed by atoms with Crippen molar-refractivity contribution in [2.45, 2.75) is 58.8 Å². The molecule has 2 N–H and O–H groups in total. The molecule has 128 valence electrons. The maximum Gasteiger partial charge on any atom is 0.222 e. The minimum Gasteiger partial charge on any atom is -0.356 e. The van der Waals surface area contributed by atoms with Gasteiger partial charge in [-0.3, -0.25) is 14.7 Å². The number of aromatic nitrogens is 2. The van der Waals surface area contributed by atoms with Crippen molar-refractivity contribution in [2.24, 2.45) is 0 Å². The van der Waals surface area contributed by atoms with Gasteiger partial charge in [0.05, 0.1) is 5.69 Å². The summed E-state index contributed by atoms with van der Waals surface area (Å²) < 4.78 is 0. The predicted octanol–water partition coefficient (Wildman–Crippen LogP) is 1.87. The Hall–Kier alpha value is -1.85. The first kappa shape index (κ1) is 17.5. The number of nitrogens with zero attached hydrogens (tertiary/aromatic N) is 2. The van der Waals surface area contributed by atoms with Gasteiger partial charge in [0, 0.05) is 38.2 Å². The number of hydrogen-bond acceptors (Lipinski definition) is 3. The van der Waals surface area contributed by atoms with Gasteiger partial charge in [-0.2, -0.15) is 5.10 Å². The van der Waals surface area contributed by atoms with E-state index in [1.807, 2.05) is 18.7 Å². The first-order chi connectivity index (χ1) is 11.1. The lowest BCUT2D eigenvalue weighted by molar-refractivity contribution is -0.131. The van der Waals surface area contributed by atoms with Crippen molar-refractivity contribution in [1.82, 2.24) is 20.4 Å². The second kappa shape index (κ2) is 8.70. The molecule has 1 aliphatic heterocycles. The third-order valence-corrected chi connectivity index (χ3v) is 4.49. The Morgan fingerprint density at radius 2 is 2.13 bits per heavy atom. The molecule has 0 bridgehead atoms. The lowest BCUT2D eigenvalue weighted by Gasteiger charge is -2.20. The number of hydrogen-bond donors (Lipinski definition) is 2. The molecule has 0 saturated carbocycles. The van der Waals surface area contributed by atoms with E-state index in [1.54, 1.807) is 0 Å². The maximum absolute atomic E-state index is 11.9. The number of likely N-dealkylation sites (tertiary alicyclic amines) is 1. The van der Waals surface area contributed by atoms with E-state index >= 15 is 0 Å². The highest BCUT2D eigenvalue weighted by atomic mass is 16.2. The first-order valence-electron chi connectivity index (χ1n) is 8.63. The molecule has 0 aromatic carbocycles. The van der Waals surface area contributed by atoms with Crippen molar-refractivity contribution in [3.8, 4) is 0 Å². The molecule has 6 nitrogen and oxygen atoms in total. The molecule has 2 heterocycles. The van der Waals surface area contributed by atoms with Gasteiger partial charge >= 0.3 is 0 Å². The van der Waals surface area contributed by atoms with E-state index in [0.717, 1.165) is 50.0 Å². The quantitative estimate of drug-likeness (QED) is 0.753. The van der Waals surface area contributed by atoms with Crippen LogP contribution in [0.1, 0.15) is 55.5 Å². The topological polar surface area (TPSA) is 78.1 Å². The Labute approximate surface area is 138 Å². The number of amides is 2. The van der Waals surface area contributed by atoms with Crippen LogP contribution < -0.4 is 5.32 Å². The highest BCUT2D eigenvalue weighted by Crippen LogP contribution is 2.12.